The van der Waals surface area contributed by atoms with E-state index in [1.807, 2.05) is 6.07 Å². The Balaban J connectivity index is 2.08. The first-order valence-electron chi connectivity index (χ1n) is 10.8. The SMILES string of the molecule is CC(C(=O)OC(C)(C)C)N(Cc1ccccc1)S(=O)(=O)c1ccc2c(N(Cl)C(=N)N)cncc2c1. The predicted octanol–water partition coefficient (Wildman–Crippen LogP) is 4.01. The van der Waals surface area contributed by atoms with E-state index in [-0.39, 0.29) is 11.4 Å². The number of rotatable bonds is 7. The summed E-state index contributed by atoms with van der Waals surface area (Å²) in [6.07, 6.45) is 2.92. The molecule has 1 heterocycles. The third-order valence-electron chi connectivity index (χ3n) is 5.10. The first-order chi connectivity index (χ1) is 16.3. The van der Waals surface area contributed by atoms with Gasteiger partial charge in [0.15, 0.2) is 0 Å². The molecule has 0 spiro atoms. The molecule has 0 aliphatic carbocycles. The quantitative estimate of drug-likeness (QED) is 0.209. The Kier molecular flexibility index (Phi) is 7.68. The molecule has 1 atom stereocenters. The predicted molar refractivity (Wildman–Crippen MR) is 136 cm³/mol. The molecule has 0 radical (unpaired) electrons. The van der Waals surface area contributed by atoms with E-state index >= 15 is 0 Å². The van der Waals surface area contributed by atoms with Gasteiger partial charge in [-0.15, -0.1) is 0 Å². The van der Waals surface area contributed by atoms with Crippen LogP contribution in [0.1, 0.15) is 33.3 Å². The average Bonchev–Trinajstić information content (AvgIpc) is 2.80. The number of anilines is 1. The van der Waals surface area contributed by atoms with Gasteiger partial charge in [0, 0.05) is 35.3 Å². The topological polar surface area (TPSA) is 130 Å². The summed E-state index contributed by atoms with van der Waals surface area (Å²) in [5.74, 6) is -1.06. The first kappa shape index (κ1) is 26.4. The molecule has 0 amide bonds. The number of nitrogens with one attached hydrogen (secondary N) is 1. The van der Waals surface area contributed by atoms with Gasteiger partial charge in [-0.25, -0.2) is 12.8 Å². The molecule has 0 saturated carbocycles. The van der Waals surface area contributed by atoms with Crippen molar-refractivity contribution in [2.24, 2.45) is 5.73 Å². The van der Waals surface area contributed by atoms with E-state index in [1.54, 1.807) is 51.1 Å². The van der Waals surface area contributed by atoms with Crippen molar-refractivity contribution in [2.45, 2.75) is 50.8 Å². The molecule has 0 bridgehead atoms. The summed E-state index contributed by atoms with van der Waals surface area (Å²) in [5.41, 5.74) is 5.76. The number of halogens is 1. The maximum atomic E-state index is 13.8. The van der Waals surface area contributed by atoms with Gasteiger partial charge in [-0.2, -0.15) is 4.31 Å². The van der Waals surface area contributed by atoms with Crippen LogP contribution in [0, 0.1) is 5.41 Å². The number of hydrogen-bond acceptors (Lipinski definition) is 6. The molecule has 9 nitrogen and oxygen atoms in total. The van der Waals surface area contributed by atoms with Crippen molar-refractivity contribution in [1.82, 2.24) is 9.29 Å². The van der Waals surface area contributed by atoms with Crippen molar-refractivity contribution < 1.29 is 17.9 Å². The Morgan fingerprint density at radius 2 is 1.83 bits per heavy atom. The number of hydrogen-bond donors (Lipinski definition) is 2. The molecular formula is C24H28ClN5O4S. The molecule has 3 rings (SSSR count). The number of carbonyl (C=O) groups is 1. The van der Waals surface area contributed by atoms with E-state index in [9.17, 15) is 13.2 Å². The summed E-state index contributed by atoms with van der Waals surface area (Å²) in [4.78, 5) is 16.9. The third-order valence-corrected chi connectivity index (χ3v) is 7.38. The summed E-state index contributed by atoms with van der Waals surface area (Å²) in [6.45, 7) is 6.65. The van der Waals surface area contributed by atoms with Crippen molar-refractivity contribution >= 4 is 50.2 Å². The number of carbonyl (C=O) groups excluding carboxylic acids is 1. The van der Waals surface area contributed by atoms with Crippen LogP contribution in [0.5, 0.6) is 0 Å². The van der Waals surface area contributed by atoms with Gasteiger partial charge in [-0.1, -0.05) is 36.4 Å². The minimum Gasteiger partial charge on any atom is -0.459 e. The Hall–Kier alpha value is -3.21. The molecule has 35 heavy (non-hydrogen) atoms. The van der Waals surface area contributed by atoms with Crippen LogP contribution in [-0.4, -0.2) is 41.3 Å². The number of nitrogens with zero attached hydrogens (tertiary/aromatic N) is 3. The molecule has 11 heteroatoms. The van der Waals surface area contributed by atoms with Crippen molar-refractivity contribution in [3.8, 4) is 0 Å². The van der Waals surface area contributed by atoms with Crippen molar-refractivity contribution in [2.75, 3.05) is 4.42 Å². The molecule has 0 aliphatic heterocycles. The van der Waals surface area contributed by atoms with Crippen LogP contribution in [0.25, 0.3) is 10.8 Å². The number of ether oxygens (including phenoxy) is 1. The summed E-state index contributed by atoms with van der Waals surface area (Å²) >= 11 is 6.09. The monoisotopic (exact) mass is 517 g/mol. The van der Waals surface area contributed by atoms with E-state index in [4.69, 9.17) is 27.7 Å². The lowest BCUT2D eigenvalue weighted by Gasteiger charge is -2.30. The van der Waals surface area contributed by atoms with E-state index in [0.717, 1.165) is 14.3 Å². The molecule has 1 aromatic heterocycles. The van der Waals surface area contributed by atoms with Gasteiger partial charge >= 0.3 is 5.97 Å². The van der Waals surface area contributed by atoms with Crippen LogP contribution in [0.2, 0.25) is 0 Å². The van der Waals surface area contributed by atoms with Gasteiger partial charge < -0.3 is 10.5 Å². The summed E-state index contributed by atoms with van der Waals surface area (Å²) in [7, 11) is -4.15. The highest BCUT2D eigenvalue weighted by molar-refractivity contribution is 7.89. The van der Waals surface area contributed by atoms with Crippen LogP contribution in [0.3, 0.4) is 0 Å². The molecule has 0 fully saturated rings. The first-order valence-corrected chi connectivity index (χ1v) is 12.6. The number of esters is 1. The van der Waals surface area contributed by atoms with Crippen LogP contribution in [0.15, 0.2) is 65.8 Å². The second-order valence-corrected chi connectivity index (χ2v) is 11.2. The van der Waals surface area contributed by atoms with Crippen molar-refractivity contribution in [3.05, 3.63) is 66.5 Å². The zero-order chi connectivity index (χ0) is 26.0. The fraction of sp³-hybridized carbons (Fsp3) is 0.292. The second kappa shape index (κ2) is 10.2. The van der Waals surface area contributed by atoms with E-state index < -0.39 is 33.6 Å². The van der Waals surface area contributed by atoms with Crippen LogP contribution in [-0.2, 0) is 26.1 Å². The molecule has 3 N–H and O–H groups in total. The highest BCUT2D eigenvalue weighted by atomic mass is 35.5. The van der Waals surface area contributed by atoms with E-state index in [2.05, 4.69) is 4.98 Å². The maximum absolute atomic E-state index is 13.8. The molecule has 0 saturated heterocycles. The molecule has 0 aliphatic rings. The van der Waals surface area contributed by atoms with Crippen LogP contribution < -0.4 is 10.2 Å². The highest BCUT2D eigenvalue weighted by Gasteiger charge is 2.35. The molecule has 2 aromatic carbocycles. The Morgan fingerprint density at radius 1 is 1.17 bits per heavy atom. The number of aromatic nitrogens is 1. The molecule has 3 aromatic rings. The Morgan fingerprint density at radius 3 is 2.43 bits per heavy atom. The van der Waals surface area contributed by atoms with Gasteiger partial charge in [0.2, 0.25) is 16.0 Å². The molecular weight excluding hydrogens is 490 g/mol. The molecule has 186 valence electrons. The summed E-state index contributed by atoms with van der Waals surface area (Å²) in [6, 6.07) is 12.4. The smallest absolute Gasteiger partial charge is 0.324 e. The lowest BCUT2D eigenvalue weighted by atomic mass is 10.1. The number of benzene rings is 2. The van der Waals surface area contributed by atoms with Gasteiger partial charge in [0.05, 0.1) is 16.8 Å². The van der Waals surface area contributed by atoms with Gasteiger partial charge in [0.1, 0.15) is 11.6 Å². The average molecular weight is 518 g/mol. The minimum absolute atomic E-state index is 0.0281. The Bertz CT molecular complexity index is 1340. The zero-order valence-electron chi connectivity index (χ0n) is 19.9. The van der Waals surface area contributed by atoms with E-state index in [1.165, 1.54) is 31.5 Å². The highest BCUT2D eigenvalue weighted by Crippen LogP contribution is 2.31. The minimum atomic E-state index is -4.15. The van der Waals surface area contributed by atoms with Gasteiger partial charge in [-0.3, -0.25) is 15.2 Å². The number of pyridine rings is 1. The third kappa shape index (κ3) is 6.08. The summed E-state index contributed by atoms with van der Waals surface area (Å²) < 4.78 is 35.2. The van der Waals surface area contributed by atoms with Crippen LogP contribution >= 0.6 is 11.8 Å². The van der Waals surface area contributed by atoms with Crippen molar-refractivity contribution in [1.29, 1.82) is 5.41 Å². The lowest BCUT2D eigenvalue weighted by Crippen LogP contribution is -2.45. The number of fused-ring (bicyclic) bond motifs is 1. The molecule has 1 unspecified atom stereocenters. The summed E-state index contributed by atoms with van der Waals surface area (Å²) in [5, 5.41) is 8.59. The zero-order valence-corrected chi connectivity index (χ0v) is 21.5. The Labute approximate surface area is 210 Å². The fourth-order valence-corrected chi connectivity index (χ4v) is 5.16. The maximum Gasteiger partial charge on any atom is 0.324 e. The van der Waals surface area contributed by atoms with Crippen molar-refractivity contribution in [3.63, 3.8) is 0 Å². The normalized spacial score (nSPS) is 13.0. The van der Waals surface area contributed by atoms with Gasteiger partial charge in [0.25, 0.3) is 0 Å². The standard InChI is InChI=1S/C24H28ClN5O4S/c1-16(22(31)34-24(2,3)4)29(15-17-8-6-5-7-9-17)35(32,33)19-10-11-20-18(12-19)13-28-14-21(20)30(25)23(26)27/h5-14,16H,15H2,1-4H3,(H3,26,27). The lowest BCUT2D eigenvalue weighted by molar-refractivity contribution is -0.159. The second-order valence-electron chi connectivity index (χ2n) is 8.95. The number of sulfonamides is 1. The number of guanidine groups is 1. The van der Waals surface area contributed by atoms with Crippen LogP contribution in [0.4, 0.5) is 5.69 Å². The van der Waals surface area contributed by atoms with Gasteiger partial charge in [-0.05, 0) is 45.4 Å². The van der Waals surface area contributed by atoms with E-state index in [0.29, 0.717) is 16.5 Å². The fourth-order valence-electron chi connectivity index (χ4n) is 3.42. The number of nitrogens with two attached hydrogens (primary N) is 1. The largest absolute Gasteiger partial charge is 0.459 e.